The number of aromatic hydroxyl groups is 1. The van der Waals surface area contributed by atoms with Crippen LogP contribution in [0.4, 0.5) is 0 Å². The van der Waals surface area contributed by atoms with Crippen molar-refractivity contribution in [2.75, 3.05) is 0 Å². The maximum absolute atomic E-state index is 10.0. The fourth-order valence-electron chi connectivity index (χ4n) is 3.16. The van der Waals surface area contributed by atoms with Gasteiger partial charge in [-0.2, -0.15) is 4.98 Å². The Hall–Kier alpha value is -1.84. The van der Waals surface area contributed by atoms with Crippen molar-refractivity contribution in [1.82, 2.24) is 10.1 Å². The summed E-state index contributed by atoms with van der Waals surface area (Å²) in [4.78, 5) is 4.51. The molecule has 0 spiro atoms. The first-order valence-corrected chi connectivity index (χ1v) is 7.81. The van der Waals surface area contributed by atoms with Crippen molar-refractivity contribution in [3.63, 3.8) is 0 Å². The lowest BCUT2D eigenvalue weighted by Gasteiger charge is -2.25. The van der Waals surface area contributed by atoms with Crippen LogP contribution in [-0.2, 0) is 0 Å². The minimum absolute atomic E-state index is 0.194. The van der Waals surface area contributed by atoms with E-state index in [2.05, 4.69) is 17.1 Å². The van der Waals surface area contributed by atoms with Crippen molar-refractivity contribution in [2.24, 2.45) is 5.92 Å². The molecule has 1 aliphatic rings. The second-order valence-corrected chi connectivity index (χ2v) is 6.10. The molecule has 0 radical (unpaired) electrons. The summed E-state index contributed by atoms with van der Waals surface area (Å²) >= 11 is 0. The van der Waals surface area contributed by atoms with Crippen molar-refractivity contribution in [3.8, 4) is 17.2 Å². The molecule has 2 aromatic rings. The van der Waals surface area contributed by atoms with Gasteiger partial charge in [-0.05, 0) is 56.2 Å². The summed E-state index contributed by atoms with van der Waals surface area (Å²) in [6.45, 7) is 4.20. The Morgan fingerprint density at radius 2 is 2.00 bits per heavy atom. The van der Waals surface area contributed by atoms with Gasteiger partial charge in [0, 0.05) is 5.92 Å². The van der Waals surface area contributed by atoms with Crippen LogP contribution >= 0.6 is 0 Å². The summed E-state index contributed by atoms with van der Waals surface area (Å²) in [7, 11) is 0. The maximum Gasteiger partial charge on any atom is 0.261 e. The Balaban J connectivity index is 1.77. The van der Waals surface area contributed by atoms with E-state index < -0.39 is 0 Å². The lowest BCUT2D eigenvalue weighted by atomic mass is 9.80. The van der Waals surface area contributed by atoms with Gasteiger partial charge in [-0.25, -0.2) is 0 Å². The first kappa shape index (κ1) is 14.1. The van der Waals surface area contributed by atoms with Gasteiger partial charge in [0.25, 0.3) is 5.89 Å². The van der Waals surface area contributed by atoms with Crippen molar-refractivity contribution < 1.29 is 9.63 Å². The van der Waals surface area contributed by atoms with E-state index in [1.807, 2.05) is 19.1 Å². The third-order valence-electron chi connectivity index (χ3n) is 4.61. The highest BCUT2D eigenvalue weighted by molar-refractivity contribution is 5.62. The Bertz CT molecular complexity index is 613. The zero-order valence-electron chi connectivity index (χ0n) is 12.7. The highest BCUT2D eigenvalue weighted by atomic mass is 16.5. The molecule has 1 aromatic carbocycles. The average molecular weight is 286 g/mol. The van der Waals surface area contributed by atoms with E-state index in [1.54, 1.807) is 6.07 Å². The highest BCUT2D eigenvalue weighted by Crippen LogP contribution is 2.37. The zero-order valence-corrected chi connectivity index (χ0v) is 12.7. The molecule has 21 heavy (non-hydrogen) atoms. The van der Waals surface area contributed by atoms with E-state index in [1.165, 1.54) is 19.3 Å². The van der Waals surface area contributed by atoms with Gasteiger partial charge >= 0.3 is 0 Å². The molecular formula is C17H22N2O2. The van der Waals surface area contributed by atoms with E-state index in [0.29, 0.717) is 17.4 Å². The first-order chi connectivity index (χ1) is 10.2. The van der Waals surface area contributed by atoms with E-state index in [0.717, 1.165) is 30.1 Å². The summed E-state index contributed by atoms with van der Waals surface area (Å²) in [6.07, 6.45) is 6.04. The number of nitrogens with zero attached hydrogens (tertiary/aromatic N) is 2. The Labute approximate surface area is 125 Å². The second-order valence-electron chi connectivity index (χ2n) is 6.10. The summed E-state index contributed by atoms with van der Waals surface area (Å²) in [6, 6.07) is 5.48. The molecule has 1 aliphatic carbocycles. The fourth-order valence-corrected chi connectivity index (χ4v) is 3.16. The first-order valence-electron chi connectivity index (χ1n) is 7.81. The van der Waals surface area contributed by atoms with Crippen LogP contribution in [0.5, 0.6) is 5.75 Å². The van der Waals surface area contributed by atoms with Gasteiger partial charge in [-0.1, -0.05) is 24.6 Å². The van der Waals surface area contributed by atoms with Crippen LogP contribution in [0.25, 0.3) is 11.5 Å². The number of rotatable bonds is 3. The number of hydrogen-bond acceptors (Lipinski definition) is 4. The Kier molecular flexibility index (Phi) is 3.95. The molecular weight excluding hydrogens is 264 g/mol. The number of hydrogen-bond donors (Lipinski definition) is 1. The van der Waals surface area contributed by atoms with Crippen LogP contribution in [0, 0.1) is 12.8 Å². The molecule has 112 valence electrons. The third kappa shape index (κ3) is 2.94. The normalized spacial score (nSPS) is 22.4. The molecule has 4 nitrogen and oxygen atoms in total. The smallest absolute Gasteiger partial charge is 0.261 e. The molecule has 0 unspecified atom stereocenters. The van der Waals surface area contributed by atoms with Gasteiger partial charge in [0.2, 0.25) is 0 Å². The summed E-state index contributed by atoms with van der Waals surface area (Å²) in [5.41, 5.74) is 1.62. The number of phenols is 1. The highest BCUT2D eigenvalue weighted by Gasteiger charge is 2.25. The van der Waals surface area contributed by atoms with Gasteiger partial charge < -0.3 is 9.63 Å². The van der Waals surface area contributed by atoms with E-state index in [4.69, 9.17) is 4.52 Å². The molecule has 1 heterocycles. The molecule has 0 bridgehead atoms. The van der Waals surface area contributed by atoms with Crippen LogP contribution in [0.2, 0.25) is 0 Å². The molecule has 0 amide bonds. The summed E-state index contributed by atoms with van der Waals surface area (Å²) in [5, 5.41) is 14.1. The molecule has 1 saturated carbocycles. The molecule has 1 N–H and O–H groups in total. The van der Waals surface area contributed by atoms with Gasteiger partial charge in [0.15, 0.2) is 5.82 Å². The number of phenolic OH excluding ortho intramolecular Hbond substituents is 1. The van der Waals surface area contributed by atoms with Gasteiger partial charge in [-0.3, -0.25) is 0 Å². The largest absolute Gasteiger partial charge is 0.507 e. The third-order valence-corrected chi connectivity index (χ3v) is 4.61. The predicted molar refractivity (Wildman–Crippen MR) is 81.1 cm³/mol. The standard InChI is InChI=1S/C17H22N2O2/c1-3-12-5-7-13(8-6-12)16-18-17(21-19-16)14-9-4-11(2)10-15(14)20/h4,9-10,12-13,20H,3,5-8H2,1-2H3. The maximum atomic E-state index is 10.0. The van der Waals surface area contributed by atoms with Crippen molar-refractivity contribution in [3.05, 3.63) is 29.6 Å². The van der Waals surface area contributed by atoms with Crippen molar-refractivity contribution in [2.45, 2.75) is 51.9 Å². The molecule has 3 rings (SSSR count). The molecule has 0 saturated heterocycles. The van der Waals surface area contributed by atoms with Crippen LogP contribution in [0.15, 0.2) is 22.7 Å². The van der Waals surface area contributed by atoms with E-state index in [9.17, 15) is 5.11 Å². The summed E-state index contributed by atoms with van der Waals surface area (Å²) in [5.74, 6) is 2.66. The number of aryl methyl sites for hydroxylation is 1. The number of aromatic nitrogens is 2. The molecule has 1 fully saturated rings. The zero-order chi connectivity index (χ0) is 14.8. The summed E-state index contributed by atoms with van der Waals surface area (Å²) < 4.78 is 5.36. The van der Waals surface area contributed by atoms with Crippen molar-refractivity contribution in [1.29, 1.82) is 0 Å². The SMILES string of the molecule is CCC1CCC(c2noc(-c3ccc(C)cc3O)n2)CC1. The minimum atomic E-state index is 0.194. The molecule has 1 aromatic heterocycles. The lowest BCUT2D eigenvalue weighted by Crippen LogP contribution is -2.13. The Morgan fingerprint density at radius 1 is 1.24 bits per heavy atom. The van der Waals surface area contributed by atoms with Gasteiger partial charge in [-0.15, -0.1) is 0 Å². The quantitative estimate of drug-likeness (QED) is 0.906. The minimum Gasteiger partial charge on any atom is -0.507 e. The van der Waals surface area contributed by atoms with Crippen LogP contribution in [0.3, 0.4) is 0 Å². The monoisotopic (exact) mass is 286 g/mol. The topological polar surface area (TPSA) is 59.2 Å². The van der Waals surface area contributed by atoms with Crippen LogP contribution < -0.4 is 0 Å². The van der Waals surface area contributed by atoms with Gasteiger partial charge in [0.1, 0.15) is 5.75 Å². The number of benzene rings is 1. The average Bonchev–Trinajstić information content (AvgIpc) is 2.97. The second kappa shape index (κ2) is 5.88. The lowest BCUT2D eigenvalue weighted by molar-refractivity contribution is 0.305. The van der Waals surface area contributed by atoms with E-state index >= 15 is 0 Å². The van der Waals surface area contributed by atoms with Gasteiger partial charge in [0.05, 0.1) is 5.56 Å². The van der Waals surface area contributed by atoms with Crippen LogP contribution in [-0.4, -0.2) is 15.2 Å². The molecule has 0 aliphatic heterocycles. The fraction of sp³-hybridized carbons (Fsp3) is 0.529. The molecule has 4 heteroatoms. The molecule has 0 atom stereocenters. The Morgan fingerprint density at radius 3 is 2.67 bits per heavy atom. The van der Waals surface area contributed by atoms with Crippen LogP contribution in [0.1, 0.15) is 56.3 Å². The van der Waals surface area contributed by atoms with Crippen molar-refractivity contribution >= 4 is 0 Å². The predicted octanol–water partition coefficient (Wildman–Crippen LogP) is 4.43. The van der Waals surface area contributed by atoms with E-state index in [-0.39, 0.29) is 5.75 Å².